The van der Waals surface area contributed by atoms with E-state index in [9.17, 15) is 0 Å². The molecule has 0 radical (unpaired) electrons. The highest BCUT2D eigenvalue weighted by atomic mass is 15.4. The molecule has 3 rings (SSSR count). The summed E-state index contributed by atoms with van der Waals surface area (Å²) >= 11 is 0. The van der Waals surface area contributed by atoms with E-state index in [0.29, 0.717) is 6.04 Å². The van der Waals surface area contributed by atoms with E-state index in [1.165, 1.54) is 5.56 Å². The lowest BCUT2D eigenvalue weighted by Crippen LogP contribution is -2.30. The van der Waals surface area contributed by atoms with E-state index in [-0.39, 0.29) is 0 Å². The van der Waals surface area contributed by atoms with E-state index in [4.69, 9.17) is 4.98 Å². The van der Waals surface area contributed by atoms with E-state index in [1.54, 1.807) is 0 Å². The molecule has 0 saturated heterocycles. The lowest BCUT2D eigenvalue weighted by molar-refractivity contribution is 0.336. The molecule has 0 spiro atoms. The lowest BCUT2D eigenvalue weighted by atomic mass is 10.1. The van der Waals surface area contributed by atoms with Crippen molar-refractivity contribution < 1.29 is 0 Å². The van der Waals surface area contributed by atoms with E-state index in [0.717, 1.165) is 29.2 Å². The second kappa shape index (κ2) is 4.78. The smallest absolute Gasteiger partial charge is 0.162 e. The average molecular weight is 268 g/mol. The van der Waals surface area contributed by atoms with Crippen LogP contribution in [0.3, 0.4) is 0 Å². The third-order valence-electron chi connectivity index (χ3n) is 3.70. The summed E-state index contributed by atoms with van der Waals surface area (Å²) in [5.74, 6) is 0.953. The minimum absolute atomic E-state index is 0.499. The molecule has 20 heavy (non-hydrogen) atoms. The van der Waals surface area contributed by atoms with Gasteiger partial charge in [0.15, 0.2) is 5.65 Å². The molecule has 104 valence electrons. The Kier molecular flexibility index (Phi) is 3.08. The predicted molar refractivity (Wildman–Crippen MR) is 82.5 cm³/mol. The van der Waals surface area contributed by atoms with Gasteiger partial charge >= 0.3 is 0 Å². The van der Waals surface area contributed by atoms with Crippen molar-refractivity contribution in [3.8, 4) is 0 Å². The molecule has 0 saturated carbocycles. The summed E-state index contributed by atoms with van der Waals surface area (Å²) in [5.41, 5.74) is 3.07. The molecule has 4 heteroatoms. The van der Waals surface area contributed by atoms with Crippen LogP contribution in [0.2, 0.25) is 0 Å². The highest BCUT2D eigenvalue weighted by Gasteiger charge is 2.17. The molecular formula is C16H20N4. The zero-order valence-corrected chi connectivity index (χ0v) is 12.5. The number of fused-ring (bicyclic) bond motifs is 1. The summed E-state index contributed by atoms with van der Waals surface area (Å²) < 4.78 is 0. The first-order chi connectivity index (χ1) is 9.54. The van der Waals surface area contributed by atoms with Gasteiger partial charge in [-0.25, -0.2) is 9.97 Å². The largest absolute Gasteiger partial charge is 0.356 e. The summed E-state index contributed by atoms with van der Waals surface area (Å²) in [4.78, 5) is 13.7. The van der Waals surface area contributed by atoms with Gasteiger partial charge in [-0.15, -0.1) is 0 Å². The van der Waals surface area contributed by atoms with Crippen molar-refractivity contribution in [1.82, 2.24) is 14.9 Å². The lowest BCUT2D eigenvalue weighted by Gasteiger charge is -2.23. The van der Waals surface area contributed by atoms with Crippen molar-refractivity contribution in [2.45, 2.75) is 33.7 Å². The second-order valence-electron chi connectivity index (χ2n) is 5.64. The molecule has 1 aliphatic rings. The molecule has 0 atom stereocenters. The maximum absolute atomic E-state index is 4.71. The summed E-state index contributed by atoms with van der Waals surface area (Å²) in [6, 6.07) is 6.78. The van der Waals surface area contributed by atoms with E-state index in [1.807, 2.05) is 6.92 Å². The molecule has 0 aliphatic carbocycles. The fraction of sp³-hybridized carbons (Fsp3) is 0.375. The average Bonchev–Trinajstić information content (AvgIpc) is 2.87. The van der Waals surface area contributed by atoms with Crippen LogP contribution in [0.4, 0.5) is 5.82 Å². The minimum Gasteiger partial charge on any atom is -0.356 e. The van der Waals surface area contributed by atoms with Gasteiger partial charge in [-0.3, -0.25) is 0 Å². The Labute approximate surface area is 119 Å². The number of rotatable bonds is 2. The monoisotopic (exact) mass is 268 g/mol. The Bertz CT molecular complexity index is 675. The molecule has 0 aromatic carbocycles. The Balaban J connectivity index is 1.96. The Hall–Kier alpha value is -2.10. The zero-order chi connectivity index (χ0) is 14.3. The van der Waals surface area contributed by atoms with Crippen LogP contribution in [0.25, 0.3) is 11.0 Å². The number of anilines is 1. The van der Waals surface area contributed by atoms with Gasteiger partial charge in [0.05, 0.1) is 6.67 Å². The van der Waals surface area contributed by atoms with Gasteiger partial charge in [0.1, 0.15) is 5.82 Å². The number of pyridine rings is 2. The highest BCUT2D eigenvalue weighted by molar-refractivity contribution is 5.80. The number of nitrogens with zero attached hydrogens (tertiary/aromatic N) is 4. The maximum Gasteiger partial charge on any atom is 0.162 e. The molecule has 0 bridgehead atoms. The van der Waals surface area contributed by atoms with Crippen molar-refractivity contribution in [2.24, 2.45) is 0 Å². The van der Waals surface area contributed by atoms with Crippen LogP contribution in [0.1, 0.15) is 25.1 Å². The van der Waals surface area contributed by atoms with E-state index >= 15 is 0 Å². The first-order valence-corrected chi connectivity index (χ1v) is 7.00. The minimum atomic E-state index is 0.499. The number of aromatic nitrogens is 2. The van der Waals surface area contributed by atoms with Crippen molar-refractivity contribution in [1.29, 1.82) is 0 Å². The second-order valence-corrected chi connectivity index (χ2v) is 5.64. The third-order valence-corrected chi connectivity index (χ3v) is 3.70. The number of hydrogen-bond donors (Lipinski definition) is 0. The van der Waals surface area contributed by atoms with Crippen molar-refractivity contribution in [3.05, 3.63) is 41.9 Å². The fourth-order valence-electron chi connectivity index (χ4n) is 2.50. The quantitative estimate of drug-likeness (QED) is 0.837. The van der Waals surface area contributed by atoms with Crippen molar-refractivity contribution in [3.63, 3.8) is 0 Å². The van der Waals surface area contributed by atoms with Crippen LogP contribution in [0, 0.1) is 13.8 Å². The standard InChI is InChI=1S/C16H20N4/c1-11(2)19-7-8-20(10-19)15-6-5-14-12(3)9-13(4)17-16(14)18-15/h5-9,11H,10H2,1-4H3. The molecule has 1 aliphatic heterocycles. The Morgan fingerprint density at radius 2 is 1.90 bits per heavy atom. The van der Waals surface area contributed by atoms with Gasteiger partial charge in [-0.1, -0.05) is 0 Å². The van der Waals surface area contributed by atoms with Crippen molar-refractivity contribution >= 4 is 16.9 Å². The number of hydrogen-bond acceptors (Lipinski definition) is 4. The van der Waals surface area contributed by atoms with E-state index in [2.05, 4.69) is 66.2 Å². The molecule has 2 aromatic heterocycles. The Morgan fingerprint density at radius 3 is 2.60 bits per heavy atom. The van der Waals surface area contributed by atoms with Crippen LogP contribution >= 0.6 is 0 Å². The molecule has 0 amide bonds. The summed E-state index contributed by atoms with van der Waals surface area (Å²) in [6.07, 6.45) is 4.20. The number of aryl methyl sites for hydroxylation is 2. The molecule has 2 aromatic rings. The van der Waals surface area contributed by atoms with Crippen molar-refractivity contribution in [2.75, 3.05) is 11.6 Å². The van der Waals surface area contributed by atoms with Crippen LogP contribution in [0.5, 0.6) is 0 Å². The molecule has 0 N–H and O–H groups in total. The Morgan fingerprint density at radius 1 is 1.10 bits per heavy atom. The van der Waals surface area contributed by atoms with Gasteiger partial charge in [0, 0.05) is 29.5 Å². The molecular weight excluding hydrogens is 248 g/mol. The van der Waals surface area contributed by atoms with Crippen LogP contribution in [0.15, 0.2) is 30.6 Å². The highest BCUT2D eigenvalue weighted by Crippen LogP contribution is 2.23. The van der Waals surface area contributed by atoms with Gasteiger partial charge in [-0.2, -0.15) is 0 Å². The molecule has 0 fully saturated rings. The van der Waals surface area contributed by atoms with Gasteiger partial charge in [0.2, 0.25) is 0 Å². The van der Waals surface area contributed by atoms with Crippen LogP contribution < -0.4 is 4.90 Å². The summed E-state index contributed by atoms with van der Waals surface area (Å²) in [5, 5.41) is 1.13. The molecule has 0 unspecified atom stereocenters. The zero-order valence-electron chi connectivity index (χ0n) is 12.5. The SMILES string of the molecule is Cc1cc(C)c2ccc(N3C=CN(C(C)C)C3)nc2n1. The van der Waals surface area contributed by atoms with Gasteiger partial charge in [0.25, 0.3) is 0 Å². The summed E-state index contributed by atoms with van der Waals surface area (Å²) in [6.45, 7) is 9.35. The first kappa shape index (κ1) is 12.9. The third kappa shape index (κ3) is 2.22. The summed E-state index contributed by atoms with van der Waals surface area (Å²) in [7, 11) is 0. The normalized spacial score (nSPS) is 14.8. The van der Waals surface area contributed by atoms with E-state index < -0.39 is 0 Å². The van der Waals surface area contributed by atoms with Gasteiger partial charge < -0.3 is 9.80 Å². The molecule has 4 nitrogen and oxygen atoms in total. The predicted octanol–water partition coefficient (Wildman–Crippen LogP) is 3.21. The van der Waals surface area contributed by atoms with Gasteiger partial charge in [-0.05, 0) is 51.5 Å². The maximum atomic E-state index is 4.71. The molecule has 3 heterocycles. The van der Waals surface area contributed by atoms with Crippen LogP contribution in [-0.4, -0.2) is 27.6 Å². The first-order valence-electron chi connectivity index (χ1n) is 7.00. The fourth-order valence-corrected chi connectivity index (χ4v) is 2.50. The topological polar surface area (TPSA) is 32.3 Å². The van der Waals surface area contributed by atoms with Crippen LogP contribution in [-0.2, 0) is 0 Å².